The van der Waals surface area contributed by atoms with Crippen LogP contribution in [0.25, 0.3) is 0 Å². The van der Waals surface area contributed by atoms with E-state index in [1.807, 2.05) is 6.26 Å². The van der Waals surface area contributed by atoms with Crippen LogP contribution in [0.1, 0.15) is 16.1 Å². The Hall–Kier alpha value is -0.920. The summed E-state index contributed by atoms with van der Waals surface area (Å²) in [6, 6.07) is 7.85. The van der Waals surface area contributed by atoms with Crippen LogP contribution in [0.4, 0.5) is 0 Å². The van der Waals surface area contributed by atoms with Gasteiger partial charge in [-0.15, -0.1) is 0 Å². The SMILES string of the molecule is CSc1nc(C)cc(O[C@H](NC(=O)c2ccc(Cl)cc2)C(Cl)(Cl)Cl)n1. The highest BCUT2D eigenvalue weighted by Crippen LogP contribution is 2.32. The molecule has 0 saturated carbocycles. The number of carbonyl (C=O) groups excluding carboxylic acids is 1. The number of aryl methyl sites for hydroxylation is 1. The number of rotatable bonds is 5. The Labute approximate surface area is 169 Å². The summed E-state index contributed by atoms with van der Waals surface area (Å²) in [6.07, 6.45) is 0.567. The van der Waals surface area contributed by atoms with E-state index in [1.165, 1.54) is 11.8 Å². The van der Waals surface area contributed by atoms with E-state index in [4.69, 9.17) is 51.1 Å². The van der Waals surface area contributed by atoms with Crippen LogP contribution < -0.4 is 10.1 Å². The highest BCUT2D eigenvalue weighted by molar-refractivity contribution is 7.98. The summed E-state index contributed by atoms with van der Waals surface area (Å²) in [7, 11) is 0. The predicted molar refractivity (Wildman–Crippen MR) is 102 cm³/mol. The zero-order valence-corrected chi connectivity index (χ0v) is 16.9. The molecule has 25 heavy (non-hydrogen) atoms. The number of ether oxygens (including phenoxy) is 1. The number of alkyl halides is 3. The second-order valence-corrected chi connectivity index (χ2v) is 8.43. The Morgan fingerprint density at radius 3 is 2.44 bits per heavy atom. The molecule has 2 rings (SSSR count). The Morgan fingerprint density at radius 2 is 1.88 bits per heavy atom. The van der Waals surface area contributed by atoms with E-state index >= 15 is 0 Å². The van der Waals surface area contributed by atoms with Crippen LogP contribution >= 0.6 is 58.2 Å². The number of amides is 1. The normalized spacial score (nSPS) is 12.6. The first kappa shape index (κ1) is 20.4. The van der Waals surface area contributed by atoms with Crippen molar-refractivity contribution in [1.29, 1.82) is 0 Å². The summed E-state index contributed by atoms with van der Waals surface area (Å²) < 4.78 is 3.68. The van der Waals surface area contributed by atoms with Gasteiger partial charge in [-0.25, -0.2) is 4.98 Å². The van der Waals surface area contributed by atoms with Crippen molar-refractivity contribution in [2.75, 3.05) is 6.26 Å². The zero-order chi connectivity index (χ0) is 18.6. The molecule has 1 atom stereocenters. The average Bonchev–Trinajstić information content (AvgIpc) is 2.53. The molecule has 1 aromatic carbocycles. The molecule has 1 aromatic heterocycles. The van der Waals surface area contributed by atoms with Crippen molar-refractivity contribution in [3.8, 4) is 5.88 Å². The molecule has 1 amide bonds. The van der Waals surface area contributed by atoms with Gasteiger partial charge in [-0.05, 0) is 37.4 Å². The van der Waals surface area contributed by atoms with Crippen LogP contribution in [-0.2, 0) is 0 Å². The standard InChI is InChI=1S/C15H13Cl4N3O2S/c1-8-7-11(21-14(20-8)25-2)24-13(15(17,18)19)22-12(23)9-3-5-10(16)6-4-9/h3-7,13H,1-2H3,(H,22,23)/t13-/m0/s1. The van der Waals surface area contributed by atoms with Gasteiger partial charge in [-0.1, -0.05) is 58.2 Å². The molecule has 0 radical (unpaired) electrons. The van der Waals surface area contributed by atoms with Gasteiger partial charge < -0.3 is 10.1 Å². The molecule has 0 bridgehead atoms. The molecule has 10 heteroatoms. The number of thioether (sulfide) groups is 1. The molecule has 0 aliphatic carbocycles. The van der Waals surface area contributed by atoms with Crippen molar-refractivity contribution in [3.63, 3.8) is 0 Å². The van der Waals surface area contributed by atoms with E-state index < -0.39 is 15.9 Å². The molecule has 0 unspecified atom stereocenters. The third-order valence-electron chi connectivity index (χ3n) is 2.90. The second kappa shape index (κ2) is 8.64. The first-order valence-electron chi connectivity index (χ1n) is 6.88. The number of carbonyl (C=O) groups is 1. The molecule has 0 aliphatic heterocycles. The van der Waals surface area contributed by atoms with Gasteiger partial charge in [0.25, 0.3) is 5.91 Å². The number of hydrogen-bond donors (Lipinski definition) is 1. The Kier molecular flexibility index (Phi) is 7.05. The van der Waals surface area contributed by atoms with Crippen LogP contribution in [0.5, 0.6) is 5.88 Å². The lowest BCUT2D eigenvalue weighted by molar-refractivity contribution is 0.0824. The lowest BCUT2D eigenvalue weighted by atomic mass is 10.2. The number of benzene rings is 1. The zero-order valence-electron chi connectivity index (χ0n) is 13.1. The lowest BCUT2D eigenvalue weighted by Gasteiger charge is -2.26. The summed E-state index contributed by atoms with van der Waals surface area (Å²) >= 11 is 25.0. The van der Waals surface area contributed by atoms with E-state index in [1.54, 1.807) is 37.3 Å². The minimum atomic E-state index is -1.92. The highest BCUT2D eigenvalue weighted by atomic mass is 35.6. The quantitative estimate of drug-likeness (QED) is 0.317. The van der Waals surface area contributed by atoms with E-state index in [2.05, 4.69) is 15.3 Å². The van der Waals surface area contributed by atoms with Crippen LogP contribution in [-0.4, -0.2) is 32.2 Å². The molecule has 5 nitrogen and oxygen atoms in total. The van der Waals surface area contributed by atoms with Gasteiger partial charge >= 0.3 is 0 Å². The third kappa shape index (κ3) is 6.08. The fourth-order valence-corrected chi connectivity index (χ4v) is 2.61. The minimum Gasteiger partial charge on any atom is -0.449 e. The molecule has 1 N–H and O–H groups in total. The van der Waals surface area contributed by atoms with Gasteiger partial charge in [-0.2, -0.15) is 4.98 Å². The van der Waals surface area contributed by atoms with Crippen LogP contribution in [0.3, 0.4) is 0 Å². The third-order valence-corrected chi connectivity index (χ3v) is 4.29. The predicted octanol–water partition coefficient (Wildman–Crippen LogP) is 4.67. The van der Waals surface area contributed by atoms with Gasteiger partial charge in [0.05, 0.1) is 0 Å². The van der Waals surface area contributed by atoms with E-state index in [0.717, 1.165) is 0 Å². The summed E-state index contributed by atoms with van der Waals surface area (Å²) in [5.74, 6) is -0.298. The highest BCUT2D eigenvalue weighted by Gasteiger charge is 2.37. The second-order valence-electron chi connectivity index (χ2n) is 4.85. The summed E-state index contributed by atoms with van der Waals surface area (Å²) in [6.45, 7) is 1.78. The molecule has 0 fully saturated rings. The van der Waals surface area contributed by atoms with Crippen molar-refractivity contribution < 1.29 is 9.53 Å². The fraction of sp³-hybridized carbons (Fsp3) is 0.267. The van der Waals surface area contributed by atoms with Gasteiger partial charge in [0, 0.05) is 22.3 Å². The maximum absolute atomic E-state index is 12.3. The van der Waals surface area contributed by atoms with Crippen molar-refractivity contribution in [2.24, 2.45) is 0 Å². The van der Waals surface area contributed by atoms with Gasteiger partial charge in [0.15, 0.2) is 5.16 Å². The van der Waals surface area contributed by atoms with Gasteiger partial charge in [-0.3, -0.25) is 4.79 Å². The topological polar surface area (TPSA) is 64.1 Å². The van der Waals surface area contributed by atoms with Crippen molar-refractivity contribution in [2.45, 2.75) is 22.1 Å². The average molecular weight is 441 g/mol. The van der Waals surface area contributed by atoms with E-state index in [-0.39, 0.29) is 5.88 Å². The number of nitrogens with one attached hydrogen (secondary N) is 1. The number of aromatic nitrogens is 2. The Balaban J connectivity index is 2.21. The molecule has 0 aliphatic rings. The monoisotopic (exact) mass is 439 g/mol. The van der Waals surface area contributed by atoms with Crippen LogP contribution in [0, 0.1) is 6.92 Å². The van der Waals surface area contributed by atoms with E-state index in [9.17, 15) is 4.79 Å². The molecule has 0 spiro atoms. The van der Waals surface area contributed by atoms with Crippen molar-refractivity contribution >= 4 is 64.1 Å². The van der Waals surface area contributed by atoms with Gasteiger partial charge in [0.1, 0.15) is 0 Å². The Morgan fingerprint density at radius 1 is 1.24 bits per heavy atom. The first-order valence-corrected chi connectivity index (χ1v) is 9.62. The molecular formula is C15H13Cl4N3O2S. The van der Waals surface area contributed by atoms with Crippen LogP contribution in [0.2, 0.25) is 5.02 Å². The first-order chi connectivity index (χ1) is 11.7. The summed E-state index contributed by atoms with van der Waals surface area (Å²) in [5, 5.41) is 3.54. The fourth-order valence-electron chi connectivity index (χ4n) is 1.77. The van der Waals surface area contributed by atoms with Gasteiger partial charge in [0.2, 0.25) is 15.9 Å². The van der Waals surface area contributed by atoms with Crippen molar-refractivity contribution in [3.05, 3.63) is 46.6 Å². The van der Waals surface area contributed by atoms with E-state index in [0.29, 0.717) is 21.4 Å². The molecular weight excluding hydrogens is 428 g/mol. The number of nitrogens with zero attached hydrogens (tertiary/aromatic N) is 2. The smallest absolute Gasteiger partial charge is 0.254 e. The van der Waals surface area contributed by atoms with Crippen LogP contribution in [0.15, 0.2) is 35.5 Å². The largest absolute Gasteiger partial charge is 0.449 e. The molecule has 0 saturated heterocycles. The molecule has 2 aromatic rings. The Bertz CT molecular complexity index is 753. The molecule has 1 heterocycles. The number of halogens is 4. The lowest BCUT2D eigenvalue weighted by Crippen LogP contribution is -2.48. The summed E-state index contributed by atoms with van der Waals surface area (Å²) in [5.41, 5.74) is 1.03. The molecule has 134 valence electrons. The number of hydrogen-bond acceptors (Lipinski definition) is 5. The maximum Gasteiger partial charge on any atom is 0.254 e. The maximum atomic E-state index is 12.3. The summed E-state index contributed by atoms with van der Waals surface area (Å²) in [4.78, 5) is 20.7. The van der Waals surface area contributed by atoms with Crippen molar-refractivity contribution in [1.82, 2.24) is 15.3 Å². The minimum absolute atomic E-state index is 0.185.